The lowest BCUT2D eigenvalue weighted by Crippen LogP contribution is -2.52. The van der Waals surface area contributed by atoms with Crippen molar-refractivity contribution in [2.45, 2.75) is 18.8 Å². The summed E-state index contributed by atoms with van der Waals surface area (Å²) in [5.41, 5.74) is 1.86. The molecular weight excluding hydrogens is 463 g/mol. The molecule has 0 aliphatic carbocycles. The van der Waals surface area contributed by atoms with Crippen LogP contribution in [0.4, 0.5) is 24.5 Å². The van der Waals surface area contributed by atoms with Crippen molar-refractivity contribution in [3.63, 3.8) is 0 Å². The predicted molar refractivity (Wildman–Crippen MR) is 125 cm³/mol. The molecule has 1 aliphatic heterocycles. The van der Waals surface area contributed by atoms with E-state index in [2.05, 4.69) is 10.4 Å². The van der Waals surface area contributed by atoms with Crippen molar-refractivity contribution in [3.05, 3.63) is 65.2 Å². The Hall–Kier alpha value is -3.86. The van der Waals surface area contributed by atoms with Gasteiger partial charge in [0.05, 0.1) is 35.9 Å². The minimum atomic E-state index is -4.56. The number of hydrogen-bond donors (Lipinski definition) is 1. The van der Waals surface area contributed by atoms with Crippen LogP contribution in [0.15, 0.2) is 59.7 Å². The van der Waals surface area contributed by atoms with Gasteiger partial charge < -0.3 is 19.5 Å². The van der Waals surface area contributed by atoms with Crippen molar-refractivity contribution >= 4 is 39.0 Å². The number of carbonyl (C=O) groups is 1. The average molecular weight is 485 g/mol. The fourth-order valence-corrected chi connectivity index (χ4v) is 4.27. The minimum Gasteiger partial charge on any atom is -0.365 e. The molecule has 4 aromatic rings. The van der Waals surface area contributed by atoms with E-state index in [9.17, 15) is 22.8 Å². The van der Waals surface area contributed by atoms with Crippen molar-refractivity contribution in [2.24, 2.45) is 7.05 Å². The highest BCUT2D eigenvalue weighted by Crippen LogP contribution is 2.27. The lowest BCUT2D eigenvalue weighted by molar-refractivity contribution is -0.236. The van der Waals surface area contributed by atoms with Crippen LogP contribution in [0, 0.1) is 0 Å². The number of fused-ring (bicyclic) bond motifs is 2. The number of nitrogens with one attached hydrogen (secondary N) is 1. The summed E-state index contributed by atoms with van der Waals surface area (Å²) in [5, 5.41) is 9.49. The van der Waals surface area contributed by atoms with Crippen LogP contribution in [0.3, 0.4) is 0 Å². The fourth-order valence-electron chi connectivity index (χ4n) is 4.27. The molecule has 35 heavy (non-hydrogen) atoms. The van der Waals surface area contributed by atoms with Crippen LogP contribution in [0.2, 0.25) is 0 Å². The number of halogens is 3. The van der Waals surface area contributed by atoms with Crippen molar-refractivity contribution in [1.29, 1.82) is 0 Å². The first-order valence-electron chi connectivity index (χ1n) is 11.0. The summed E-state index contributed by atoms with van der Waals surface area (Å²) in [6, 6.07) is 12.8. The number of pyridine rings is 1. The second kappa shape index (κ2) is 8.73. The van der Waals surface area contributed by atoms with Gasteiger partial charge in [0.1, 0.15) is 6.54 Å². The summed E-state index contributed by atoms with van der Waals surface area (Å²) < 4.78 is 46.8. The number of morpholine rings is 1. The van der Waals surface area contributed by atoms with E-state index in [0.29, 0.717) is 16.5 Å². The van der Waals surface area contributed by atoms with Gasteiger partial charge in [-0.05, 0) is 35.7 Å². The van der Waals surface area contributed by atoms with E-state index in [1.807, 2.05) is 31.3 Å². The van der Waals surface area contributed by atoms with Crippen LogP contribution >= 0.6 is 0 Å². The maximum absolute atomic E-state index is 13.3. The Morgan fingerprint density at radius 2 is 2.03 bits per heavy atom. The fraction of sp³-hybridized carbons (Fsp3) is 0.292. The molecule has 1 saturated heterocycles. The smallest absolute Gasteiger partial charge is 0.365 e. The number of amides is 1. The van der Waals surface area contributed by atoms with Crippen LogP contribution in [-0.2, 0) is 23.1 Å². The first kappa shape index (κ1) is 22.9. The zero-order valence-electron chi connectivity index (χ0n) is 18.7. The number of alkyl halides is 3. The number of benzene rings is 2. The highest BCUT2D eigenvalue weighted by molar-refractivity contribution is 5.95. The van der Waals surface area contributed by atoms with E-state index in [-0.39, 0.29) is 19.7 Å². The van der Waals surface area contributed by atoms with Crippen molar-refractivity contribution < 1.29 is 22.7 Å². The van der Waals surface area contributed by atoms with Crippen molar-refractivity contribution in [2.75, 3.05) is 25.0 Å². The molecular formula is C24H22F3N5O3. The van der Waals surface area contributed by atoms with Gasteiger partial charge in [0.25, 0.3) is 5.56 Å². The summed E-state index contributed by atoms with van der Waals surface area (Å²) >= 11 is 0. The third-order valence-corrected chi connectivity index (χ3v) is 6.12. The van der Waals surface area contributed by atoms with Gasteiger partial charge in [-0.25, -0.2) is 0 Å². The molecule has 1 fully saturated rings. The van der Waals surface area contributed by atoms with Crippen molar-refractivity contribution in [1.82, 2.24) is 19.2 Å². The largest absolute Gasteiger partial charge is 0.416 e. The zero-order valence-corrected chi connectivity index (χ0v) is 18.7. The number of ether oxygens (including phenoxy) is 1. The van der Waals surface area contributed by atoms with Crippen LogP contribution in [-0.4, -0.2) is 57.1 Å². The Labute approximate surface area is 197 Å². The molecule has 1 aliphatic rings. The molecule has 182 valence electrons. The highest BCUT2D eigenvalue weighted by Gasteiger charge is 2.44. The lowest BCUT2D eigenvalue weighted by atomic mass is 10.1. The molecule has 0 spiro atoms. The summed E-state index contributed by atoms with van der Waals surface area (Å²) in [6.45, 7) is -1.13. The maximum atomic E-state index is 13.3. The Kier molecular flexibility index (Phi) is 5.72. The Balaban J connectivity index is 1.42. The summed E-state index contributed by atoms with van der Waals surface area (Å²) in [4.78, 5) is 27.2. The number of nitrogens with zero attached hydrogens (tertiary/aromatic N) is 4. The number of hydrogen-bond acceptors (Lipinski definition) is 5. The zero-order chi connectivity index (χ0) is 24.7. The molecule has 5 rings (SSSR count). The van der Waals surface area contributed by atoms with E-state index in [1.165, 1.54) is 10.8 Å². The first-order chi connectivity index (χ1) is 16.7. The van der Waals surface area contributed by atoms with Gasteiger partial charge in [0.15, 0.2) is 6.10 Å². The second-order valence-corrected chi connectivity index (χ2v) is 8.43. The van der Waals surface area contributed by atoms with Gasteiger partial charge in [0.2, 0.25) is 5.91 Å². The van der Waals surface area contributed by atoms with Crippen LogP contribution in [0.1, 0.15) is 0 Å². The van der Waals surface area contributed by atoms with E-state index >= 15 is 0 Å². The Bertz CT molecular complexity index is 1480. The maximum Gasteiger partial charge on any atom is 0.416 e. The number of anilines is 2. The van der Waals surface area contributed by atoms with Crippen molar-refractivity contribution in [3.8, 4) is 0 Å². The number of rotatable bonds is 4. The molecule has 2 aromatic heterocycles. The molecule has 2 aromatic carbocycles. The third kappa shape index (κ3) is 4.46. The number of carbonyl (C=O) groups excluding carboxylic acids is 1. The minimum absolute atomic E-state index is 0.0391. The normalized spacial score (nSPS) is 16.7. The monoisotopic (exact) mass is 485 g/mol. The highest BCUT2D eigenvalue weighted by atomic mass is 19.4. The van der Waals surface area contributed by atoms with Crippen LogP contribution in [0.5, 0.6) is 0 Å². The van der Waals surface area contributed by atoms with Gasteiger partial charge in [0, 0.05) is 30.9 Å². The molecule has 0 radical (unpaired) electrons. The quantitative estimate of drug-likeness (QED) is 0.479. The van der Waals surface area contributed by atoms with Gasteiger partial charge in [-0.1, -0.05) is 12.1 Å². The van der Waals surface area contributed by atoms with E-state index in [1.54, 1.807) is 29.1 Å². The molecule has 8 nitrogen and oxygen atoms in total. The molecule has 11 heteroatoms. The van der Waals surface area contributed by atoms with E-state index in [0.717, 1.165) is 21.5 Å². The Morgan fingerprint density at radius 1 is 1.20 bits per heavy atom. The molecule has 1 atom stereocenters. The average Bonchev–Trinajstić information content (AvgIpc) is 3.20. The number of aromatic nitrogens is 3. The summed E-state index contributed by atoms with van der Waals surface area (Å²) in [7, 11) is 1.85. The molecule has 0 saturated carbocycles. The van der Waals surface area contributed by atoms with Gasteiger partial charge >= 0.3 is 6.18 Å². The summed E-state index contributed by atoms with van der Waals surface area (Å²) in [6.07, 6.45) is -3.35. The van der Waals surface area contributed by atoms with Crippen LogP contribution in [0.25, 0.3) is 21.7 Å². The second-order valence-electron chi connectivity index (χ2n) is 8.43. The van der Waals surface area contributed by atoms with Gasteiger partial charge in [-0.3, -0.25) is 14.3 Å². The molecule has 0 bridgehead atoms. The molecule has 1 N–H and O–H groups in total. The van der Waals surface area contributed by atoms with Gasteiger partial charge in [-0.15, -0.1) is 0 Å². The lowest BCUT2D eigenvalue weighted by Gasteiger charge is -2.33. The molecule has 3 heterocycles. The Morgan fingerprint density at radius 3 is 2.83 bits per heavy atom. The van der Waals surface area contributed by atoms with E-state index in [4.69, 9.17) is 4.74 Å². The standard InChI is InChI=1S/C24H22F3N5O3/c1-30-19-6-5-17(11-16(19)12-28-30)29-18-4-2-3-15-7-8-32(23(34)22(15)18)14-21(33)31-9-10-35-20(13-31)24(25,26)27/h2-8,11-12,20,29H,9-10,13-14H2,1H3. The summed E-state index contributed by atoms with van der Waals surface area (Å²) in [5.74, 6) is -0.573. The third-order valence-electron chi connectivity index (χ3n) is 6.12. The SMILES string of the molecule is Cn1ncc2cc(Nc3cccc4ccn(CC(=O)N5CCOC(C(F)(F)F)C5)c(=O)c34)ccc21. The van der Waals surface area contributed by atoms with E-state index < -0.39 is 30.3 Å². The molecule has 1 unspecified atom stereocenters. The van der Waals surface area contributed by atoms with Gasteiger partial charge in [-0.2, -0.15) is 18.3 Å². The predicted octanol–water partition coefficient (Wildman–Crippen LogP) is 3.42. The molecule has 1 amide bonds. The first-order valence-corrected chi connectivity index (χ1v) is 11.0. The van der Waals surface area contributed by atoms with Crippen LogP contribution < -0.4 is 10.9 Å². The topological polar surface area (TPSA) is 81.4 Å². The number of aryl methyl sites for hydroxylation is 1.